The normalized spacial score (nSPS) is 22.4. The third-order valence-electron chi connectivity index (χ3n) is 3.89. The van der Waals surface area contributed by atoms with E-state index in [2.05, 4.69) is 29.2 Å². The molecular weight excluding hydrogens is 198 g/mol. The van der Waals surface area contributed by atoms with E-state index in [1.165, 1.54) is 11.1 Å². The van der Waals surface area contributed by atoms with Gasteiger partial charge in [-0.15, -0.1) is 0 Å². The first kappa shape index (κ1) is 10.0. The molecule has 0 atom stereocenters. The number of carbonyl (C=O) groups excluding carboxylic acids is 1. The number of nitrogens with zero attached hydrogens (tertiary/aromatic N) is 1. The van der Waals surface area contributed by atoms with Crippen LogP contribution in [0.2, 0.25) is 0 Å². The third kappa shape index (κ3) is 1.78. The highest BCUT2D eigenvalue weighted by Crippen LogP contribution is 2.29. The number of fused-ring (bicyclic) bond motifs is 1. The molecule has 2 nitrogen and oxygen atoms in total. The van der Waals surface area contributed by atoms with E-state index in [1.54, 1.807) is 0 Å². The minimum atomic E-state index is 0.452. The number of ketones is 1. The molecule has 1 saturated carbocycles. The molecule has 0 N–H and O–H groups in total. The van der Waals surface area contributed by atoms with Crippen LogP contribution in [0.5, 0.6) is 0 Å². The Morgan fingerprint density at radius 1 is 1.00 bits per heavy atom. The molecule has 1 aromatic rings. The van der Waals surface area contributed by atoms with Gasteiger partial charge in [-0.2, -0.15) is 0 Å². The first-order valence-electron chi connectivity index (χ1n) is 6.15. The van der Waals surface area contributed by atoms with Crippen LogP contribution in [-0.2, 0) is 17.9 Å². The average molecular weight is 215 g/mol. The van der Waals surface area contributed by atoms with E-state index in [-0.39, 0.29) is 0 Å². The van der Waals surface area contributed by atoms with Gasteiger partial charge in [-0.05, 0) is 24.0 Å². The topological polar surface area (TPSA) is 20.3 Å². The minimum absolute atomic E-state index is 0.452. The van der Waals surface area contributed by atoms with Crippen molar-refractivity contribution in [3.05, 3.63) is 35.4 Å². The Labute approximate surface area is 96.3 Å². The Bertz CT molecular complexity index is 378. The van der Waals surface area contributed by atoms with Crippen LogP contribution in [0, 0.1) is 0 Å². The van der Waals surface area contributed by atoms with Crippen molar-refractivity contribution in [2.45, 2.75) is 44.8 Å². The summed E-state index contributed by atoms with van der Waals surface area (Å²) in [5.41, 5.74) is 2.94. The lowest BCUT2D eigenvalue weighted by molar-refractivity contribution is -0.121. The lowest BCUT2D eigenvalue weighted by atomic mass is 9.93. The quantitative estimate of drug-likeness (QED) is 0.717. The monoisotopic (exact) mass is 215 g/mol. The molecule has 0 aromatic heterocycles. The van der Waals surface area contributed by atoms with Crippen LogP contribution >= 0.6 is 0 Å². The van der Waals surface area contributed by atoms with Gasteiger partial charge in [-0.25, -0.2) is 0 Å². The van der Waals surface area contributed by atoms with Crippen LogP contribution in [0.3, 0.4) is 0 Å². The van der Waals surface area contributed by atoms with Crippen molar-refractivity contribution >= 4 is 5.78 Å². The van der Waals surface area contributed by atoms with Gasteiger partial charge >= 0.3 is 0 Å². The molecule has 0 amide bonds. The van der Waals surface area contributed by atoms with Crippen molar-refractivity contribution in [1.29, 1.82) is 0 Å². The number of hydrogen-bond acceptors (Lipinski definition) is 2. The zero-order valence-electron chi connectivity index (χ0n) is 9.48. The molecular formula is C14H17NO. The summed E-state index contributed by atoms with van der Waals surface area (Å²) in [6, 6.07) is 9.32. The molecule has 1 aliphatic carbocycles. The van der Waals surface area contributed by atoms with Crippen LogP contribution in [0.1, 0.15) is 36.8 Å². The van der Waals surface area contributed by atoms with Crippen LogP contribution < -0.4 is 0 Å². The summed E-state index contributed by atoms with van der Waals surface area (Å²) >= 11 is 0. The van der Waals surface area contributed by atoms with Crippen molar-refractivity contribution in [3.63, 3.8) is 0 Å². The van der Waals surface area contributed by atoms with Gasteiger partial charge in [-0.3, -0.25) is 9.69 Å². The summed E-state index contributed by atoms with van der Waals surface area (Å²) < 4.78 is 0. The molecule has 0 radical (unpaired) electrons. The predicted octanol–water partition coefficient (Wildman–Crippen LogP) is 2.51. The maximum absolute atomic E-state index is 11.2. The molecule has 0 spiro atoms. The zero-order valence-corrected chi connectivity index (χ0v) is 9.48. The van der Waals surface area contributed by atoms with E-state index < -0.39 is 0 Å². The van der Waals surface area contributed by atoms with Crippen LogP contribution in [0.15, 0.2) is 24.3 Å². The van der Waals surface area contributed by atoms with Gasteiger partial charge in [0.2, 0.25) is 0 Å². The molecule has 0 saturated heterocycles. The summed E-state index contributed by atoms with van der Waals surface area (Å²) in [7, 11) is 0. The second-order valence-corrected chi connectivity index (χ2v) is 4.94. The van der Waals surface area contributed by atoms with Crippen LogP contribution in [0.25, 0.3) is 0 Å². The van der Waals surface area contributed by atoms with Gasteiger partial charge in [0.05, 0.1) is 0 Å². The molecule has 1 fully saturated rings. The van der Waals surface area contributed by atoms with E-state index >= 15 is 0 Å². The SMILES string of the molecule is O=C1CCC(N2Cc3ccccc3C2)CC1. The molecule has 1 aliphatic heterocycles. The van der Waals surface area contributed by atoms with E-state index in [0.29, 0.717) is 11.8 Å². The van der Waals surface area contributed by atoms with Gasteiger partial charge in [0.1, 0.15) is 5.78 Å². The fraction of sp³-hybridized carbons (Fsp3) is 0.500. The van der Waals surface area contributed by atoms with E-state index in [1.807, 2.05) is 0 Å². The lowest BCUT2D eigenvalue weighted by Gasteiger charge is -2.30. The lowest BCUT2D eigenvalue weighted by Crippen LogP contribution is -2.34. The largest absolute Gasteiger partial charge is 0.300 e. The molecule has 0 bridgehead atoms. The van der Waals surface area contributed by atoms with Gasteiger partial charge in [0, 0.05) is 32.0 Å². The maximum atomic E-state index is 11.2. The molecule has 0 unspecified atom stereocenters. The van der Waals surface area contributed by atoms with Crippen molar-refractivity contribution in [2.24, 2.45) is 0 Å². The molecule has 1 heterocycles. The van der Waals surface area contributed by atoms with E-state index in [9.17, 15) is 4.79 Å². The molecule has 3 rings (SSSR count). The fourth-order valence-corrected chi connectivity index (χ4v) is 2.91. The van der Waals surface area contributed by atoms with E-state index in [0.717, 1.165) is 38.8 Å². The van der Waals surface area contributed by atoms with Gasteiger partial charge in [0.15, 0.2) is 0 Å². The molecule has 84 valence electrons. The van der Waals surface area contributed by atoms with E-state index in [4.69, 9.17) is 0 Å². The number of Topliss-reactive ketones (excluding diaryl/α,β-unsaturated/α-hetero) is 1. The highest BCUT2D eigenvalue weighted by atomic mass is 16.1. The van der Waals surface area contributed by atoms with Crippen molar-refractivity contribution in [3.8, 4) is 0 Å². The summed E-state index contributed by atoms with van der Waals surface area (Å²) in [4.78, 5) is 13.8. The Morgan fingerprint density at radius 3 is 2.12 bits per heavy atom. The number of hydrogen-bond donors (Lipinski definition) is 0. The zero-order chi connectivity index (χ0) is 11.0. The molecule has 16 heavy (non-hydrogen) atoms. The van der Waals surface area contributed by atoms with Crippen molar-refractivity contribution in [2.75, 3.05) is 0 Å². The Balaban J connectivity index is 1.69. The first-order chi connectivity index (χ1) is 7.83. The first-order valence-corrected chi connectivity index (χ1v) is 6.15. The van der Waals surface area contributed by atoms with Gasteiger partial charge in [-0.1, -0.05) is 24.3 Å². The molecule has 2 heteroatoms. The number of carbonyl (C=O) groups is 1. The minimum Gasteiger partial charge on any atom is -0.300 e. The Hall–Kier alpha value is -1.15. The summed E-state index contributed by atoms with van der Waals surface area (Å²) in [6.45, 7) is 2.16. The predicted molar refractivity (Wildman–Crippen MR) is 63.0 cm³/mol. The molecule has 2 aliphatic rings. The highest BCUT2D eigenvalue weighted by molar-refractivity contribution is 5.79. The highest BCUT2D eigenvalue weighted by Gasteiger charge is 2.28. The maximum Gasteiger partial charge on any atom is 0.133 e. The average Bonchev–Trinajstić information content (AvgIpc) is 2.73. The molecule has 1 aromatic carbocycles. The van der Waals surface area contributed by atoms with Crippen LogP contribution in [-0.4, -0.2) is 16.7 Å². The van der Waals surface area contributed by atoms with Gasteiger partial charge < -0.3 is 0 Å². The fourth-order valence-electron chi connectivity index (χ4n) is 2.91. The Morgan fingerprint density at radius 2 is 1.56 bits per heavy atom. The van der Waals surface area contributed by atoms with Crippen LogP contribution in [0.4, 0.5) is 0 Å². The smallest absolute Gasteiger partial charge is 0.133 e. The standard InChI is InChI=1S/C14H17NO/c16-14-7-5-13(6-8-14)15-9-11-3-1-2-4-12(11)10-15/h1-4,13H,5-10H2. The Kier molecular flexibility index (Phi) is 2.52. The second kappa shape index (κ2) is 4.02. The summed E-state index contributed by atoms with van der Waals surface area (Å²) in [5.74, 6) is 0.452. The van der Waals surface area contributed by atoms with Crippen molar-refractivity contribution in [1.82, 2.24) is 4.90 Å². The van der Waals surface area contributed by atoms with Crippen molar-refractivity contribution < 1.29 is 4.79 Å². The summed E-state index contributed by atoms with van der Waals surface area (Å²) in [5, 5.41) is 0. The number of benzene rings is 1. The second-order valence-electron chi connectivity index (χ2n) is 4.94. The summed E-state index contributed by atoms with van der Waals surface area (Å²) in [6.07, 6.45) is 3.70. The number of rotatable bonds is 1. The third-order valence-corrected chi connectivity index (χ3v) is 3.89. The van der Waals surface area contributed by atoms with Gasteiger partial charge in [0.25, 0.3) is 0 Å².